The van der Waals surface area contributed by atoms with Crippen LogP contribution < -0.4 is 5.32 Å². The molecule has 2 aromatic rings. The number of benzene rings is 1. The van der Waals surface area contributed by atoms with Gasteiger partial charge in [-0.15, -0.1) is 0 Å². The molecule has 1 aromatic carbocycles. The van der Waals surface area contributed by atoms with E-state index in [1.807, 2.05) is 13.8 Å². The van der Waals surface area contributed by atoms with E-state index in [1.165, 1.54) is 0 Å². The molecule has 2 rings (SSSR count). The minimum absolute atomic E-state index is 0.0382. The Balaban J connectivity index is 2.15. The summed E-state index contributed by atoms with van der Waals surface area (Å²) in [6, 6.07) is 8.66. The number of hydrogen-bond acceptors (Lipinski definition) is 2. The summed E-state index contributed by atoms with van der Waals surface area (Å²) in [7, 11) is 0. The fourth-order valence-electron chi connectivity index (χ4n) is 2.12. The Morgan fingerprint density at radius 2 is 1.95 bits per heavy atom. The van der Waals surface area contributed by atoms with Crippen molar-refractivity contribution in [2.45, 2.75) is 13.8 Å². The topological polar surface area (TPSA) is 65.2 Å². The number of amides is 2. The van der Waals surface area contributed by atoms with E-state index in [1.54, 1.807) is 41.4 Å². The number of hydrogen-bond donors (Lipinski definition) is 2. The number of H-pyrrole nitrogens is 1. The van der Waals surface area contributed by atoms with Crippen LogP contribution in [-0.2, 0) is 0 Å². The highest BCUT2D eigenvalue weighted by molar-refractivity contribution is 9.10. The quantitative estimate of drug-likeness (QED) is 0.853. The van der Waals surface area contributed by atoms with Crippen molar-refractivity contribution in [2.24, 2.45) is 0 Å². The van der Waals surface area contributed by atoms with E-state index in [4.69, 9.17) is 0 Å². The van der Waals surface area contributed by atoms with E-state index in [9.17, 15) is 9.59 Å². The molecule has 1 aromatic heterocycles. The van der Waals surface area contributed by atoms with Crippen LogP contribution in [0.1, 0.15) is 34.7 Å². The first-order valence-electron chi connectivity index (χ1n) is 7.09. The molecule has 0 bridgehead atoms. The average molecular weight is 364 g/mol. The predicted octanol–water partition coefficient (Wildman–Crippen LogP) is 3.51. The van der Waals surface area contributed by atoms with Crippen molar-refractivity contribution in [1.29, 1.82) is 0 Å². The van der Waals surface area contributed by atoms with E-state index >= 15 is 0 Å². The molecule has 0 unspecified atom stereocenters. The fraction of sp³-hybridized carbons (Fsp3) is 0.250. The molecule has 22 heavy (non-hydrogen) atoms. The van der Waals surface area contributed by atoms with E-state index in [0.29, 0.717) is 30.0 Å². The maximum Gasteiger partial charge on any atom is 0.272 e. The van der Waals surface area contributed by atoms with Gasteiger partial charge in [0.15, 0.2) is 0 Å². The number of aromatic nitrogens is 1. The van der Waals surface area contributed by atoms with Gasteiger partial charge in [0.2, 0.25) is 0 Å². The van der Waals surface area contributed by atoms with Gasteiger partial charge in [0, 0.05) is 35.0 Å². The molecule has 1 heterocycles. The molecule has 2 amide bonds. The molecular formula is C16H18BrN3O2. The Kier molecular flexibility index (Phi) is 5.38. The summed E-state index contributed by atoms with van der Waals surface area (Å²) >= 11 is 3.29. The Morgan fingerprint density at radius 3 is 2.55 bits per heavy atom. The molecule has 6 heteroatoms. The molecule has 0 atom stereocenters. The summed E-state index contributed by atoms with van der Waals surface area (Å²) in [6.45, 7) is 5.19. The van der Waals surface area contributed by atoms with Crippen molar-refractivity contribution < 1.29 is 9.59 Å². The largest absolute Gasteiger partial charge is 0.356 e. The minimum Gasteiger partial charge on any atom is -0.356 e. The first kappa shape index (κ1) is 16.3. The smallest absolute Gasteiger partial charge is 0.272 e. The van der Waals surface area contributed by atoms with Crippen LogP contribution in [0.25, 0.3) is 0 Å². The van der Waals surface area contributed by atoms with Crippen LogP contribution in [0, 0.1) is 0 Å². The lowest BCUT2D eigenvalue weighted by atomic mass is 10.1. The van der Waals surface area contributed by atoms with Crippen LogP contribution in [-0.4, -0.2) is 34.8 Å². The Labute approximate surface area is 137 Å². The lowest BCUT2D eigenvalue weighted by Gasteiger charge is -2.18. The average Bonchev–Trinajstić information content (AvgIpc) is 2.95. The number of carbonyl (C=O) groups is 2. The summed E-state index contributed by atoms with van der Waals surface area (Å²) in [6.07, 6.45) is 1.69. The standard InChI is InChI=1S/C16H18BrN3O2/c1-3-20(4-2)16(22)11-6-5-7-13(8-11)19-15(21)14-9-12(17)10-18-14/h5-10,18H,3-4H2,1-2H3,(H,19,21). The van der Waals surface area contributed by atoms with Crippen LogP contribution in [0.15, 0.2) is 41.0 Å². The number of anilines is 1. The molecule has 0 radical (unpaired) electrons. The summed E-state index contributed by atoms with van der Waals surface area (Å²) in [5.74, 6) is -0.290. The molecule has 5 nitrogen and oxygen atoms in total. The molecule has 116 valence electrons. The highest BCUT2D eigenvalue weighted by Crippen LogP contribution is 2.15. The van der Waals surface area contributed by atoms with Gasteiger partial charge in [-0.1, -0.05) is 6.07 Å². The van der Waals surface area contributed by atoms with E-state index in [2.05, 4.69) is 26.2 Å². The SMILES string of the molecule is CCN(CC)C(=O)c1cccc(NC(=O)c2cc(Br)c[nH]2)c1. The van der Waals surface area contributed by atoms with E-state index in [0.717, 1.165) is 4.47 Å². The van der Waals surface area contributed by atoms with Gasteiger partial charge in [0.1, 0.15) is 5.69 Å². The van der Waals surface area contributed by atoms with Crippen LogP contribution in [0.3, 0.4) is 0 Å². The van der Waals surface area contributed by atoms with Gasteiger partial charge in [-0.2, -0.15) is 0 Å². The molecule has 0 saturated heterocycles. The third-order valence-electron chi connectivity index (χ3n) is 3.31. The Hall–Kier alpha value is -2.08. The minimum atomic E-state index is -0.252. The molecule has 0 fully saturated rings. The zero-order valence-corrected chi connectivity index (χ0v) is 14.1. The number of rotatable bonds is 5. The number of nitrogens with one attached hydrogen (secondary N) is 2. The summed E-state index contributed by atoms with van der Waals surface area (Å²) in [5.41, 5.74) is 1.61. The normalized spacial score (nSPS) is 10.3. The Morgan fingerprint density at radius 1 is 1.23 bits per heavy atom. The van der Waals surface area contributed by atoms with Gasteiger partial charge < -0.3 is 15.2 Å². The van der Waals surface area contributed by atoms with E-state index in [-0.39, 0.29) is 11.8 Å². The number of aromatic amines is 1. The van der Waals surface area contributed by atoms with Crippen molar-refractivity contribution in [3.8, 4) is 0 Å². The molecule has 2 N–H and O–H groups in total. The molecular weight excluding hydrogens is 346 g/mol. The first-order valence-corrected chi connectivity index (χ1v) is 7.89. The summed E-state index contributed by atoms with van der Waals surface area (Å²) in [4.78, 5) is 29.0. The van der Waals surface area contributed by atoms with Crippen molar-refractivity contribution in [3.05, 3.63) is 52.3 Å². The van der Waals surface area contributed by atoms with Crippen LogP contribution in [0.5, 0.6) is 0 Å². The number of halogens is 1. The molecule has 0 spiro atoms. The van der Waals surface area contributed by atoms with Gasteiger partial charge in [0.25, 0.3) is 11.8 Å². The number of nitrogens with zero attached hydrogens (tertiary/aromatic N) is 1. The predicted molar refractivity (Wildman–Crippen MR) is 90.1 cm³/mol. The second-order valence-electron chi connectivity index (χ2n) is 4.74. The lowest BCUT2D eigenvalue weighted by Crippen LogP contribution is -2.30. The van der Waals surface area contributed by atoms with E-state index < -0.39 is 0 Å². The van der Waals surface area contributed by atoms with Gasteiger partial charge >= 0.3 is 0 Å². The second kappa shape index (κ2) is 7.26. The van der Waals surface area contributed by atoms with Crippen LogP contribution in [0.4, 0.5) is 5.69 Å². The third-order valence-corrected chi connectivity index (χ3v) is 3.77. The van der Waals surface area contributed by atoms with Gasteiger partial charge in [-0.25, -0.2) is 0 Å². The van der Waals surface area contributed by atoms with Crippen LogP contribution in [0.2, 0.25) is 0 Å². The van der Waals surface area contributed by atoms with Crippen molar-refractivity contribution in [1.82, 2.24) is 9.88 Å². The van der Waals surface area contributed by atoms with Crippen molar-refractivity contribution in [3.63, 3.8) is 0 Å². The fourth-order valence-corrected chi connectivity index (χ4v) is 2.46. The molecule has 0 saturated carbocycles. The lowest BCUT2D eigenvalue weighted by molar-refractivity contribution is 0.0772. The first-order chi connectivity index (χ1) is 10.5. The molecule has 0 aliphatic carbocycles. The highest BCUT2D eigenvalue weighted by Gasteiger charge is 2.14. The third kappa shape index (κ3) is 3.76. The second-order valence-corrected chi connectivity index (χ2v) is 5.66. The number of carbonyl (C=O) groups excluding carboxylic acids is 2. The Bertz CT molecular complexity index is 678. The van der Waals surface area contributed by atoms with Gasteiger partial charge in [-0.3, -0.25) is 9.59 Å². The van der Waals surface area contributed by atoms with Crippen molar-refractivity contribution >= 4 is 33.4 Å². The van der Waals surface area contributed by atoms with Crippen molar-refractivity contribution in [2.75, 3.05) is 18.4 Å². The molecule has 0 aliphatic rings. The van der Waals surface area contributed by atoms with Gasteiger partial charge in [0.05, 0.1) is 0 Å². The van der Waals surface area contributed by atoms with Gasteiger partial charge in [-0.05, 0) is 54.0 Å². The maximum absolute atomic E-state index is 12.3. The maximum atomic E-state index is 12.3. The summed E-state index contributed by atoms with van der Waals surface area (Å²) < 4.78 is 0.808. The zero-order chi connectivity index (χ0) is 16.1. The van der Waals surface area contributed by atoms with Crippen LogP contribution >= 0.6 is 15.9 Å². The monoisotopic (exact) mass is 363 g/mol. The summed E-state index contributed by atoms with van der Waals surface area (Å²) in [5, 5.41) is 2.78. The molecule has 0 aliphatic heterocycles. The zero-order valence-electron chi connectivity index (χ0n) is 12.5. The highest BCUT2D eigenvalue weighted by atomic mass is 79.9.